The van der Waals surface area contributed by atoms with Crippen LogP contribution in [0, 0.1) is 0 Å². The summed E-state index contributed by atoms with van der Waals surface area (Å²) in [5, 5.41) is 0. The van der Waals surface area contributed by atoms with Crippen molar-refractivity contribution in [3.63, 3.8) is 0 Å². The maximum Gasteiger partial charge on any atom is 0.303 e. The van der Waals surface area contributed by atoms with E-state index in [-0.39, 0.29) is 19.7 Å². The maximum absolute atomic E-state index is 10.6. The molecule has 3 heteroatoms. The van der Waals surface area contributed by atoms with Crippen molar-refractivity contribution in [2.45, 2.75) is 33.5 Å². The number of carbonyl (C=O) groups is 1. The van der Waals surface area contributed by atoms with Gasteiger partial charge in [0.05, 0.1) is 0 Å². The van der Waals surface area contributed by atoms with Gasteiger partial charge in [0.1, 0.15) is 5.85 Å². The summed E-state index contributed by atoms with van der Waals surface area (Å²) in [5.74, 6) is -0.0237. The fraction of sp³-hybridized carbons (Fsp3) is 0.875. The first kappa shape index (κ1) is 10.9. The summed E-state index contributed by atoms with van der Waals surface area (Å²) < 4.78 is 5.08. The fourth-order valence-corrected chi connectivity index (χ4v) is 2.83. The molecule has 0 aromatic heterocycles. The van der Waals surface area contributed by atoms with Crippen LogP contribution in [0.5, 0.6) is 0 Å². The van der Waals surface area contributed by atoms with Gasteiger partial charge in [0.15, 0.2) is 0 Å². The molecule has 0 spiro atoms. The van der Waals surface area contributed by atoms with Gasteiger partial charge in [-0.3, -0.25) is 4.79 Å². The maximum atomic E-state index is 10.6. The molecular weight excluding hydrogens is 159 g/mol. The lowest BCUT2D eigenvalue weighted by molar-refractivity contribution is -0.142. The lowest BCUT2D eigenvalue weighted by Crippen LogP contribution is -2.12. The van der Waals surface area contributed by atoms with Gasteiger partial charge in [-0.25, -0.2) is 0 Å². The lowest BCUT2D eigenvalue weighted by atomic mass is 10.8. The van der Waals surface area contributed by atoms with Crippen molar-refractivity contribution in [3.05, 3.63) is 0 Å². The van der Waals surface area contributed by atoms with E-state index < -0.39 is 0 Å². The van der Waals surface area contributed by atoms with E-state index in [1.807, 2.05) is 6.92 Å². The summed E-state index contributed by atoms with van der Waals surface area (Å²) in [7, 11) is -0.0930. The summed E-state index contributed by atoms with van der Waals surface area (Å²) in [5.41, 5.74) is 0. The van der Waals surface area contributed by atoms with Crippen LogP contribution in [-0.4, -0.2) is 24.1 Å². The second kappa shape index (κ2) is 5.54. The molecule has 2 nitrogen and oxygen atoms in total. The van der Waals surface area contributed by atoms with E-state index in [0.717, 1.165) is 12.3 Å². The second-order valence-electron chi connectivity index (χ2n) is 2.43. The average Bonchev–Trinajstić information content (AvgIpc) is 1.88. The average molecular weight is 176 g/mol. The predicted molar refractivity (Wildman–Crippen MR) is 49.2 cm³/mol. The summed E-state index contributed by atoms with van der Waals surface area (Å²) in [6, 6.07) is 0. The van der Waals surface area contributed by atoms with E-state index in [9.17, 15) is 4.79 Å². The third-order valence-electron chi connectivity index (χ3n) is 1.66. The van der Waals surface area contributed by atoms with Gasteiger partial charge < -0.3 is 4.74 Å². The van der Waals surface area contributed by atoms with Crippen molar-refractivity contribution in [1.82, 2.24) is 0 Å². The topological polar surface area (TPSA) is 26.3 Å². The van der Waals surface area contributed by atoms with Crippen LogP contribution < -0.4 is 0 Å². The quantitative estimate of drug-likeness (QED) is 0.485. The zero-order valence-electron chi connectivity index (χ0n) is 7.76. The SMILES string of the molecule is CCP(CC)C(C)OC(C)=O. The van der Waals surface area contributed by atoms with Gasteiger partial charge in [0, 0.05) is 6.92 Å². The van der Waals surface area contributed by atoms with Gasteiger partial charge in [-0.05, 0) is 19.2 Å². The minimum atomic E-state index is -0.160. The zero-order valence-corrected chi connectivity index (χ0v) is 8.65. The third-order valence-corrected chi connectivity index (χ3v) is 4.42. The van der Waals surface area contributed by atoms with Crippen molar-refractivity contribution in [1.29, 1.82) is 0 Å². The highest BCUT2D eigenvalue weighted by Gasteiger charge is 2.14. The first-order valence-electron chi connectivity index (χ1n) is 4.03. The van der Waals surface area contributed by atoms with Gasteiger partial charge in [-0.15, -0.1) is 0 Å². The van der Waals surface area contributed by atoms with Gasteiger partial charge in [0.25, 0.3) is 0 Å². The largest absolute Gasteiger partial charge is 0.458 e. The van der Waals surface area contributed by atoms with Gasteiger partial charge >= 0.3 is 5.97 Å². The van der Waals surface area contributed by atoms with Gasteiger partial charge in [-0.2, -0.15) is 0 Å². The zero-order chi connectivity index (χ0) is 8.85. The van der Waals surface area contributed by atoms with E-state index in [1.54, 1.807) is 0 Å². The van der Waals surface area contributed by atoms with Crippen LogP contribution in [0.25, 0.3) is 0 Å². The van der Waals surface area contributed by atoms with E-state index in [2.05, 4.69) is 13.8 Å². The van der Waals surface area contributed by atoms with Crippen LogP contribution in [-0.2, 0) is 9.53 Å². The molecule has 0 saturated carbocycles. The highest BCUT2D eigenvalue weighted by molar-refractivity contribution is 7.58. The third kappa shape index (κ3) is 4.36. The molecule has 0 amide bonds. The summed E-state index contributed by atoms with van der Waals surface area (Å²) >= 11 is 0. The smallest absolute Gasteiger partial charge is 0.303 e. The molecule has 0 aliphatic carbocycles. The van der Waals surface area contributed by atoms with Crippen LogP contribution in [0.4, 0.5) is 0 Å². The fourth-order valence-electron chi connectivity index (χ4n) is 1.05. The van der Waals surface area contributed by atoms with Crippen molar-refractivity contribution >= 4 is 13.9 Å². The molecule has 0 fully saturated rings. The monoisotopic (exact) mass is 176 g/mol. The minimum Gasteiger partial charge on any atom is -0.458 e. The van der Waals surface area contributed by atoms with E-state index in [0.29, 0.717) is 0 Å². The number of carbonyl (C=O) groups excluding carboxylic acids is 1. The lowest BCUT2D eigenvalue weighted by Gasteiger charge is -2.21. The molecule has 0 aliphatic rings. The Hall–Kier alpha value is -0.100. The molecule has 0 rings (SSSR count). The van der Waals surface area contributed by atoms with Crippen LogP contribution >= 0.6 is 7.92 Å². The normalized spacial score (nSPS) is 13.2. The number of ether oxygens (including phenoxy) is 1. The van der Waals surface area contributed by atoms with Crippen molar-refractivity contribution < 1.29 is 9.53 Å². The molecule has 66 valence electrons. The molecule has 0 aliphatic heterocycles. The Bertz CT molecular complexity index is 121. The predicted octanol–water partition coefficient (Wildman–Crippen LogP) is 2.42. The number of hydrogen-bond donors (Lipinski definition) is 0. The van der Waals surface area contributed by atoms with Crippen LogP contribution in [0.1, 0.15) is 27.7 Å². The second-order valence-corrected chi connectivity index (χ2v) is 5.60. The molecule has 11 heavy (non-hydrogen) atoms. The number of rotatable bonds is 4. The molecular formula is C8H17O2P. The van der Waals surface area contributed by atoms with Gasteiger partial charge in [-0.1, -0.05) is 21.8 Å². The van der Waals surface area contributed by atoms with E-state index >= 15 is 0 Å². The Morgan fingerprint density at radius 3 is 2.18 bits per heavy atom. The summed E-state index contributed by atoms with van der Waals surface area (Å²) in [6.07, 6.45) is 2.28. The van der Waals surface area contributed by atoms with Gasteiger partial charge in [0.2, 0.25) is 0 Å². The Labute approximate surface area is 70.1 Å². The van der Waals surface area contributed by atoms with Crippen molar-refractivity contribution in [2.24, 2.45) is 0 Å². The highest BCUT2D eigenvalue weighted by Crippen LogP contribution is 2.40. The molecule has 0 aromatic rings. The number of hydrogen-bond acceptors (Lipinski definition) is 2. The number of esters is 1. The van der Waals surface area contributed by atoms with E-state index in [4.69, 9.17) is 4.74 Å². The van der Waals surface area contributed by atoms with Crippen LogP contribution in [0.15, 0.2) is 0 Å². The first-order valence-corrected chi connectivity index (χ1v) is 5.81. The molecule has 0 radical (unpaired) electrons. The van der Waals surface area contributed by atoms with Crippen molar-refractivity contribution in [3.8, 4) is 0 Å². The Balaban J connectivity index is 3.78. The highest BCUT2D eigenvalue weighted by atomic mass is 31.1. The standard InChI is InChI=1S/C8H17O2P/c1-5-11(6-2)8(4)10-7(3)9/h8H,5-6H2,1-4H3. The summed E-state index contributed by atoms with van der Waals surface area (Å²) in [6.45, 7) is 7.75. The molecule has 0 N–H and O–H groups in total. The van der Waals surface area contributed by atoms with Crippen molar-refractivity contribution in [2.75, 3.05) is 12.3 Å². The summed E-state index contributed by atoms with van der Waals surface area (Å²) in [4.78, 5) is 10.6. The molecule has 1 unspecified atom stereocenters. The van der Waals surface area contributed by atoms with Crippen LogP contribution in [0.3, 0.4) is 0 Å². The Morgan fingerprint density at radius 2 is 1.91 bits per heavy atom. The molecule has 1 atom stereocenters. The van der Waals surface area contributed by atoms with E-state index in [1.165, 1.54) is 6.92 Å². The molecule has 0 bridgehead atoms. The molecule has 0 aromatic carbocycles. The molecule has 0 saturated heterocycles. The first-order chi connectivity index (χ1) is 5.11. The molecule has 0 heterocycles. The minimum absolute atomic E-state index is 0.0930. The van der Waals surface area contributed by atoms with Crippen LogP contribution in [0.2, 0.25) is 0 Å². The Kier molecular flexibility index (Phi) is 5.49. The Morgan fingerprint density at radius 1 is 1.45 bits per heavy atom.